The third-order valence-electron chi connectivity index (χ3n) is 4.32. The number of carbonyl (C=O) groups excluding carboxylic acids is 1. The molecule has 7 nitrogen and oxygen atoms in total. The number of amides is 1. The maximum Gasteiger partial charge on any atom is 0.227 e. The highest BCUT2D eigenvalue weighted by Gasteiger charge is 2.28. The van der Waals surface area contributed by atoms with Crippen molar-refractivity contribution in [3.05, 3.63) is 41.2 Å². The minimum absolute atomic E-state index is 0.0976. The number of aryl methyl sites for hydroxylation is 1. The van der Waals surface area contributed by atoms with E-state index in [-0.39, 0.29) is 17.7 Å². The number of hydrogen-bond donors (Lipinski definition) is 2. The molecule has 1 fully saturated rings. The largest absolute Gasteiger partial charge is 0.508 e. The van der Waals surface area contributed by atoms with Crippen LogP contribution in [0.15, 0.2) is 24.4 Å². The maximum absolute atomic E-state index is 12.5. The molecular weight excluding hydrogens is 294 g/mol. The van der Waals surface area contributed by atoms with Crippen LogP contribution >= 0.6 is 0 Å². The molecule has 0 spiro atoms. The van der Waals surface area contributed by atoms with E-state index in [0.29, 0.717) is 19.5 Å². The van der Waals surface area contributed by atoms with Crippen LogP contribution in [0.1, 0.15) is 29.3 Å². The first kappa shape index (κ1) is 15.5. The summed E-state index contributed by atoms with van der Waals surface area (Å²) in [4.78, 5) is 14.4. The third-order valence-corrected chi connectivity index (χ3v) is 4.32. The van der Waals surface area contributed by atoms with Crippen molar-refractivity contribution >= 4 is 5.91 Å². The molecule has 1 amide bonds. The standard InChI is InChI=1S/C16H21N5O2/c1-11-6-15(22)3-2-12(11)7-16(23)20-5-4-14(10-20)21-9-13(8-17)18-19-21/h2-3,6,9,14,22H,4-5,7-8,10,17H2,1H3. The number of rotatable bonds is 4. The van der Waals surface area contributed by atoms with E-state index in [4.69, 9.17) is 5.73 Å². The first-order chi connectivity index (χ1) is 11.1. The van der Waals surface area contributed by atoms with E-state index in [1.807, 2.05) is 18.0 Å². The topological polar surface area (TPSA) is 97.3 Å². The fourth-order valence-electron chi connectivity index (χ4n) is 2.92. The first-order valence-corrected chi connectivity index (χ1v) is 7.74. The number of aromatic nitrogens is 3. The molecule has 3 rings (SSSR count). The SMILES string of the molecule is Cc1cc(O)ccc1CC(=O)N1CCC(n2cc(CN)nn2)C1. The zero-order valence-corrected chi connectivity index (χ0v) is 13.1. The zero-order valence-electron chi connectivity index (χ0n) is 13.1. The average molecular weight is 315 g/mol. The highest BCUT2D eigenvalue weighted by Crippen LogP contribution is 2.23. The summed E-state index contributed by atoms with van der Waals surface area (Å²) in [5.74, 6) is 0.322. The number of benzene rings is 1. The molecule has 1 aromatic heterocycles. The Morgan fingerprint density at radius 2 is 2.30 bits per heavy atom. The van der Waals surface area contributed by atoms with Crippen molar-refractivity contribution in [2.75, 3.05) is 13.1 Å². The van der Waals surface area contributed by atoms with Crippen molar-refractivity contribution in [3.63, 3.8) is 0 Å². The van der Waals surface area contributed by atoms with Gasteiger partial charge in [-0.05, 0) is 36.6 Å². The summed E-state index contributed by atoms with van der Waals surface area (Å²) >= 11 is 0. The van der Waals surface area contributed by atoms with E-state index in [1.54, 1.807) is 22.9 Å². The molecular formula is C16H21N5O2. The molecule has 0 saturated carbocycles. The van der Waals surface area contributed by atoms with Gasteiger partial charge in [0.1, 0.15) is 5.75 Å². The smallest absolute Gasteiger partial charge is 0.227 e. The van der Waals surface area contributed by atoms with E-state index < -0.39 is 0 Å². The number of aromatic hydroxyl groups is 1. The molecule has 2 heterocycles. The van der Waals surface area contributed by atoms with Gasteiger partial charge in [-0.3, -0.25) is 4.79 Å². The van der Waals surface area contributed by atoms with Gasteiger partial charge in [0, 0.05) is 19.6 Å². The van der Waals surface area contributed by atoms with Crippen molar-refractivity contribution in [2.24, 2.45) is 5.73 Å². The molecule has 1 atom stereocenters. The summed E-state index contributed by atoms with van der Waals surface area (Å²) in [5, 5.41) is 17.5. The van der Waals surface area contributed by atoms with Gasteiger partial charge in [-0.2, -0.15) is 0 Å². The van der Waals surface area contributed by atoms with Crippen molar-refractivity contribution in [3.8, 4) is 5.75 Å². The molecule has 122 valence electrons. The van der Waals surface area contributed by atoms with Crippen LogP contribution in [0, 0.1) is 6.92 Å². The molecule has 0 aliphatic carbocycles. The molecule has 1 unspecified atom stereocenters. The van der Waals surface area contributed by atoms with Gasteiger partial charge in [0.15, 0.2) is 0 Å². The molecule has 1 aliphatic heterocycles. The van der Waals surface area contributed by atoms with Gasteiger partial charge < -0.3 is 15.7 Å². The minimum atomic E-state index is 0.0976. The molecule has 1 saturated heterocycles. The van der Waals surface area contributed by atoms with E-state index in [0.717, 1.165) is 29.8 Å². The van der Waals surface area contributed by atoms with Gasteiger partial charge in [0.25, 0.3) is 0 Å². The van der Waals surface area contributed by atoms with Crippen LogP contribution in [-0.2, 0) is 17.8 Å². The Morgan fingerprint density at radius 1 is 1.48 bits per heavy atom. The molecule has 0 radical (unpaired) electrons. The zero-order chi connectivity index (χ0) is 16.4. The predicted octanol–water partition coefficient (Wildman–Crippen LogP) is 0.767. The lowest BCUT2D eigenvalue weighted by Crippen LogP contribution is -2.30. The highest BCUT2D eigenvalue weighted by molar-refractivity contribution is 5.79. The van der Waals surface area contributed by atoms with Crippen LogP contribution in [0.5, 0.6) is 5.75 Å². The summed E-state index contributed by atoms with van der Waals surface area (Å²) < 4.78 is 1.81. The van der Waals surface area contributed by atoms with Crippen LogP contribution in [0.3, 0.4) is 0 Å². The molecule has 23 heavy (non-hydrogen) atoms. The van der Waals surface area contributed by atoms with Crippen LogP contribution in [0.25, 0.3) is 0 Å². The van der Waals surface area contributed by atoms with Gasteiger partial charge in [0.05, 0.1) is 24.4 Å². The summed E-state index contributed by atoms with van der Waals surface area (Å²) in [6.45, 7) is 3.64. The summed E-state index contributed by atoms with van der Waals surface area (Å²) in [6, 6.07) is 5.26. The Labute approximate surface area is 134 Å². The Bertz CT molecular complexity index is 712. The Balaban J connectivity index is 1.63. The lowest BCUT2D eigenvalue weighted by atomic mass is 10.0. The molecule has 7 heteroatoms. The highest BCUT2D eigenvalue weighted by atomic mass is 16.3. The maximum atomic E-state index is 12.5. The van der Waals surface area contributed by atoms with Gasteiger partial charge in [-0.25, -0.2) is 4.68 Å². The van der Waals surface area contributed by atoms with Gasteiger partial charge in [-0.15, -0.1) is 5.10 Å². The van der Waals surface area contributed by atoms with Crippen LogP contribution in [-0.4, -0.2) is 44.0 Å². The van der Waals surface area contributed by atoms with E-state index in [1.165, 1.54) is 0 Å². The van der Waals surface area contributed by atoms with Crippen molar-refractivity contribution in [2.45, 2.75) is 32.4 Å². The first-order valence-electron chi connectivity index (χ1n) is 7.74. The van der Waals surface area contributed by atoms with Gasteiger partial charge in [-0.1, -0.05) is 11.3 Å². The average Bonchev–Trinajstić information content (AvgIpc) is 3.18. The third kappa shape index (κ3) is 3.34. The molecule has 0 bridgehead atoms. The van der Waals surface area contributed by atoms with Gasteiger partial charge >= 0.3 is 0 Å². The van der Waals surface area contributed by atoms with E-state index in [9.17, 15) is 9.90 Å². The fourth-order valence-corrected chi connectivity index (χ4v) is 2.92. The minimum Gasteiger partial charge on any atom is -0.508 e. The number of carbonyl (C=O) groups is 1. The predicted molar refractivity (Wildman–Crippen MR) is 84.7 cm³/mol. The van der Waals surface area contributed by atoms with Crippen molar-refractivity contribution in [1.29, 1.82) is 0 Å². The summed E-state index contributed by atoms with van der Waals surface area (Å²) in [6.07, 6.45) is 3.07. The van der Waals surface area contributed by atoms with E-state index >= 15 is 0 Å². The second kappa shape index (κ2) is 6.37. The quantitative estimate of drug-likeness (QED) is 0.868. The number of phenolic OH excluding ortho intramolecular Hbond substituents is 1. The number of hydrogen-bond acceptors (Lipinski definition) is 5. The lowest BCUT2D eigenvalue weighted by molar-refractivity contribution is -0.129. The second-order valence-electron chi connectivity index (χ2n) is 5.96. The molecule has 1 aliphatic rings. The molecule has 3 N–H and O–H groups in total. The van der Waals surface area contributed by atoms with Crippen molar-refractivity contribution < 1.29 is 9.90 Å². The van der Waals surface area contributed by atoms with Crippen molar-refractivity contribution in [1.82, 2.24) is 19.9 Å². The molecule has 1 aromatic carbocycles. The number of nitrogens with zero attached hydrogens (tertiary/aromatic N) is 4. The fraction of sp³-hybridized carbons (Fsp3) is 0.438. The summed E-state index contributed by atoms with van der Waals surface area (Å²) in [7, 11) is 0. The second-order valence-corrected chi connectivity index (χ2v) is 5.96. The normalized spacial score (nSPS) is 17.7. The Morgan fingerprint density at radius 3 is 3.00 bits per heavy atom. The van der Waals surface area contributed by atoms with Crippen LogP contribution < -0.4 is 5.73 Å². The van der Waals surface area contributed by atoms with Crippen LogP contribution in [0.2, 0.25) is 0 Å². The lowest BCUT2D eigenvalue weighted by Gasteiger charge is -2.17. The Hall–Kier alpha value is -2.41. The number of phenols is 1. The van der Waals surface area contributed by atoms with Crippen LogP contribution in [0.4, 0.5) is 0 Å². The van der Waals surface area contributed by atoms with Gasteiger partial charge in [0.2, 0.25) is 5.91 Å². The Kier molecular flexibility index (Phi) is 4.29. The number of nitrogens with two attached hydrogens (primary N) is 1. The van der Waals surface area contributed by atoms with E-state index in [2.05, 4.69) is 10.3 Å². The number of likely N-dealkylation sites (tertiary alicyclic amines) is 1. The summed E-state index contributed by atoms with van der Waals surface area (Å²) in [5.41, 5.74) is 8.18. The molecule has 2 aromatic rings. The monoisotopic (exact) mass is 315 g/mol.